The minimum Gasteiger partial charge on any atom is -0.454 e. The Balaban J connectivity index is 0.00000220. The van der Waals surface area contributed by atoms with Crippen LogP contribution in [0.1, 0.15) is 41.8 Å². The molecule has 0 unspecified atom stereocenters. The number of ether oxygens (including phenoxy) is 2. The van der Waals surface area contributed by atoms with E-state index >= 15 is 0 Å². The van der Waals surface area contributed by atoms with Crippen LogP contribution in [0.25, 0.3) is 5.69 Å². The van der Waals surface area contributed by atoms with Crippen LogP contribution < -0.4 is 19.7 Å². The highest BCUT2D eigenvalue weighted by atomic mass is 35.5. The van der Waals surface area contributed by atoms with E-state index in [1.807, 2.05) is 47.9 Å². The Labute approximate surface area is 257 Å². The second kappa shape index (κ2) is 14.5. The number of hydrogen-bond donors (Lipinski definition) is 1. The van der Waals surface area contributed by atoms with Gasteiger partial charge < -0.3 is 24.3 Å². The molecule has 2 aromatic carbocycles. The Kier molecular flexibility index (Phi) is 11.7. The number of amides is 1. The molecule has 5 rings (SSSR count). The summed E-state index contributed by atoms with van der Waals surface area (Å²) in [5.41, 5.74) is 3.20. The highest BCUT2D eigenvalue weighted by Crippen LogP contribution is 2.35. The predicted molar refractivity (Wildman–Crippen MR) is 165 cm³/mol. The van der Waals surface area contributed by atoms with Gasteiger partial charge in [-0.1, -0.05) is 36.2 Å². The maximum atomic E-state index is 13.1. The topological polar surface area (TPSA) is 71.9 Å². The van der Waals surface area contributed by atoms with Gasteiger partial charge >= 0.3 is 0 Å². The van der Waals surface area contributed by atoms with E-state index in [-0.39, 0.29) is 37.5 Å². The van der Waals surface area contributed by atoms with Crippen LogP contribution in [0.2, 0.25) is 10.0 Å². The number of piperazine rings is 1. The van der Waals surface area contributed by atoms with Crippen molar-refractivity contribution in [2.24, 2.45) is 0 Å². The Morgan fingerprint density at radius 1 is 1.05 bits per heavy atom. The molecule has 0 atom stereocenters. The maximum Gasteiger partial charge on any atom is 0.271 e. The van der Waals surface area contributed by atoms with Gasteiger partial charge in [0.15, 0.2) is 11.5 Å². The zero-order chi connectivity index (χ0) is 26.6. The quantitative estimate of drug-likeness (QED) is 0.295. The minimum absolute atomic E-state index is 0. The van der Waals surface area contributed by atoms with E-state index in [4.69, 9.17) is 37.7 Å². The number of hydrogen-bond acceptors (Lipinski definition) is 6. The van der Waals surface area contributed by atoms with E-state index in [0.29, 0.717) is 28.0 Å². The standard InChI is InChI=1S/C28H33Cl2N5O3.2ClH/c1-3-6-25-32-27(19(2)35(25)20-9-10-23-24(17-20)38-18-37-23)28(36)31-11-5-12-33-13-15-34(16-14-33)22-8-4-7-21(29)26(22)30;;/h4,7-10,17H,3,5-6,11-16,18H2,1-2H3,(H,31,36);2*1H. The fourth-order valence-corrected chi connectivity index (χ4v) is 5.49. The molecule has 218 valence electrons. The third-order valence-corrected chi connectivity index (χ3v) is 7.87. The third kappa shape index (κ3) is 6.92. The van der Waals surface area contributed by atoms with Crippen LogP contribution in [0.4, 0.5) is 5.69 Å². The van der Waals surface area contributed by atoms with Gasteiger partial charge in [-0.3, -0.25) is 9.69 Å². The Morgan fingerprint density at radius 2 is 1.80 bits per heavy atom. The molecule has 8 nitrogen and oxygen atoms in total. The smallest absolute Gasteiger partial charge is 0.271 e. The van der Waals surface area contributed by atoms with Gasteiger partial charge in [-0.05, 0) is 50.6 Å². The highest BCUT2D eigenvalue weighted by molar-refractivity contribution is 6.43. The molecule has 1 aromatic heterocycles. The first kappa shape index (κ1) is 32.2. The van der Waals surface area contributed by atoms with Crippen molar-refractivity contribution in [2.45, 2.75) is 33.1 Å². The fourth-order valence-electron chi connectivity index (χ4n) is 5.07. The first-order valence-electron chi connectivity index (χ1n) is 13.1. The monoisotopic (exact) mass is 629 g/mol. The number of anilines is 1. The zero-order valence-corrected chi connectivity index (χ0v) is 25.8. The normalized spacial score (nSPS) is 14.4. The van der Waals surface area contributed by atoms with Gasteiger partial charge in [-0.15, -0.1) is 24.8 Å². The molecule has 12 heteroatoms. The van der Waals surface area contributed by atoms with Crippen LogP contribution >= 0.6 is 48.0 Å². The summed E-state index contributed by atoms with van der Waals surface area (Å²) in [6.45, 7) is 9.46. The van der Waals surface area contributed by atoms with Crippen molar-refractivity contribution in [3.8, 4) is 17.2 Å². The van der Waals surface area contributed by atoms with Crippen LogP contribution in [0.15, 0.2) is 36.4 Å². The van der Waals surface area contributed by atoms with Crippen molar-refractivity contribution in [3.05, 3.63) is 63.7 Å². The van der Waals surface area contributed by atoms with Gasteiger partial charge in [-0.2, -0.15) is 0 Å². The number of nitrogens with one attached hydrogen (secondary N) is 1. The number of carbonyl (C=O) groups is 1. The molecule has 2 aliphatic heterocycles. The zero-order valence-electron chi connectivity index (χ0n) is 22.6. The molecule has 0 saturated carbocycles. The molecule has 1 amide bonds. The van der Waals surface area contributed by atoms with Crippen LogP contribution in [-0.2, 0) is 6.42 Å². The minimum atomic E-state index is -0.139. The summed E-state index contributed by atoms with van der Waals surface area (Å²) in [5.74, 6) is 2.17. The largest absolute Gasteiger partial charge is 0.454 e. The maximum absolute atomic E-state index is 13.1. The molecule has 0 aliphatic carbocycles. The molecular weight excluding hydrogens is 596 g/mol. The predicted octanol–water partition coefficient (Wildman–Crippen LogP) is 5.95. The lowest BCUT2D eigenvalue weighted by Crippen LogP contribution is -2.47. The molecular formula is C28H35Cl4N5O3. The van der Waals surface area contributed by atoms with Crippen LogP contribution in [0, 0.1) is 6.92 Å². The van der Waals surface area contributed by atoms with Crippen molar-refractivity contribution in [2.75, 3.05) is 51.0 Å². The molecule has 0 radical (unpaired) electrons. The van der Waals surface area contributed by atoms with Gasteiger partial charge in [0, 0.05) is 45.2 Å². The number of fused-ring (bicyclic) bond motifs is 1. The summed E-state index contributed by atoms with van der Waals surface area (Å²) >= 11 is 12.6. The summed E-state index contributed by atoms with van der Waals surface area (Å²) in [7, 11) is 0. The lowest BCUT2D eigenvalue weighted by atomic mass is 10.2. The van der Waals surface area contributed by atoms with E-state index in [0.717, 1.165) is 80.6 Å². The SMILES string of the molecule is CCCc1nc(C(=O)NCCCN2CCN(c3cccc(Cl)c3Cl)CC2)c(C)n1-c1ccc2c(c1)OCO2.Cl.Cl. The first-order valence-corrected chi connectivity index (χ1v) is 13.9. The molecule has 1 fully saturated rings. The number of halogens is 4. The van der Waals surface area contributed by atoms with E-state index in [1.54, 1.807) is 0 Å². The molecule has 40 heavy (non-hydrogen) atoms. The summed E-state index contributed by atoms with van der Waals surface area (Å²) in [4.78, 5) is 22.5. The second-order valence-electron chi connectivity index (χ2n) is 9.60. The van der Waals surface area contributed by atoms with E-state index in [9.17, 15) is 4.79 Å². The third-order valence-electron chi connectivity index (χ3n) is 7.06. The number of rotatable bonds is 9. The number of nitrogens with zero attached hydrogens (tertiary/aromatic N) is 4. The van der Waals surface area contributed by atoms with Crippen molar-refractivity contribution < 1.29 is 14.3 Å². The Hall–Kier alpha value is -2.36. The Morgan fingerprint density at radius 3 is 2.55 bits per heavy atom. The Bertz CT molecular complexity index is 1310. The van der Waals surface area contributed by atoms with E-state index < -0.39 is 0 Å². The molecule has 0 spiro atoms. The summed E-state index contributed by atoms with van der Waals surface area (Å²) in [5, 5.41) is 4.27. The van der Waals surface area contributed by atoms with Gasteiger partial charge in [-0.25, -0.2) is 4.98 Å². The van der Waals surface area contributed by atoms with Crippen LogP contribution in [-0.4, -0.2) is 66.4 Å². The number of imidazole rings is 1. The van der Waals surface area contributed by atoms with Gasteiger partial charge in [0.05, 0.1) is 27.1 Å². The number of benzene rings is 2. The van der Waals surface area contributed by atoms with Crippen LogP contribution in [0.3, 0.4) is 0 Å². The summed E-state index contributed by atoms with van der Waals surface area (Å²) in [6, 6.07) is 11.6. The lowest BCUT2D eigenvalue weighted by molar-refractivity contribution is 0.0946. The molecule has 3 heterocycles. The highest BCUT2D eigenvalue weighted by Gasteiger charge is 2.23. The van der Waals surface area contributed by atoms with E-state index in [2.05, 4.69) is 22.0 Å². The van der Waals surface area contributed by atoms with Crippen molar-refractivity contribution in [1.29, 1.82) is 0 Å². The average molecular weight is 631 g/mol. The van der Waals surface area contributed by atoms with Crippen molar-refractivity contribution in [1.82, 2.24) is 19.8 Å². The number of aromatic nitrogens is 2. The van der Waals surface area contributed by atoms with Gasteiger partial charge in [0.25, 0.3) is 5.91 Å². The van der Waals surface area contributed by atoms with Crippen molar-refractivity contribution in [3.63, 3.8) is 0 Å². The molecule has 3 aromatic rings. The average Bonchev–Trinajstić information content (AvgIpc) is 3.52. The fraction of sp³-hybridized carbons (Fsp3) is 0.429. The summed E-state index contributed by atoms with van der Waals surface area (Å²) in [6.07, 6.45) is 2.57. The second-order valence-corrected chi connectivity index (χ2v) is 10.4. The number of aryl methyl sites for hydroxylation is 1. The number of carbonyl (C=O) groups excluding carboxylic acids is 1. The van der Waals surface area contributed by atoms with E-state index in [1.165, 1.54) is 0 Å². The van der Waals surface area contributed by atoms with Crippen molar-refractivity contribution >= 4 is 59.6 Å². The molecule has 2 aliphatic rings. The van der Waals surface area contributed by atoms with Gasteiger partial charge in [0.1, 0.15) is 11.5 Å². The summed E-state index contributed by atoms with van der Waals surface area (Å²) < 4.78 is 13.0. The molecule has 1 saturated heterocycles. The molecule has 0 bridgehead atoms. The van der Waals surface area contributed by atoms with Crippen LogP contribution in [0.5, 0.6) is 11.5 Å². The molecule has 1 N–H and O–H groups in total. The lowest BCUT2D eigenvalue weighted by Gasteiger charge is -2.36. The first-order chi connectivity index (χ1) is 18.5. The van der Waals surface area contributed by atoms with Gasteiger partial charge in [0.2, 0.25) is 6.79 Å².